The quantitative estimate of drug-likeness (QED) is 0.404. The topological polar surface area (TPSA) is 131 Å². The fourth-order valence-corrected chi connectivity index (χ4v) is 3.32. The van der Waals surface area contributed by atoms with E-state index in [1.807, 2.05) is 0 Å². The van der Waals surface area contributed by atoms with E-state index in [9.17, 15) is 19.7 Å². The third-order valence-electron chi connectivity index (χ3n) is 3.53. The second-order valence-corrected chi connectivity index (χ2v) is 7.09. The number of aliphatic imine (C=N–C) groups is 1. The molecule has 2 N–H and O–H groups in total. The summed E-state index contributed by atoms with van der Waals surface area (Å²) in [5, 5.41) is 22.8. The van der Waals surface area contributed by atoms with Crippen LogP contribution in [0.4, 0.5) is 11.4 Å². The van der Waals surface area contributed by atoms with Gasteiger partial charge in [0.1, 0.15) is 11.4 Å². The van der Waals surface area contributed by atoms with Gasteiger partial charge in [0.05, 0.1) is 9.83 Å². The van der Waals surface area contributed by atoms with E-state index in [1.165, 1.54) is 18.2 Å². The van der Waals surface area contributed by atoms with E-state index in [-0.39, 0.29) is 21.6 Å². The third kappa shape index (κ3) is 5.33. The predicted octanol–water partition coefficient (Wildman–Crippen LogP) is 3.60. The monoisotopic (exact) mass is 433 g/mol. The van der Waals surface area contributed by atoms with E-state index in [4.69, 9.17) is 21.4 Å². The van der Waals surface area contributed by atoms with Gasteiger partial charge in [-0.05, 0) is 47.7 Å². The third-order valence-corrected chi connectivity index (χ3v) is 4.67. The molecule has 0 bridgehead atoms. The average molecular weight is 434 g/mol. The maximum absolute atomic E-state index is 12.2. The van der Waals surface area contributed by atoms with Gasteiger partial charge < -0.3 is 15.2 Å². The van der Waals surface area contributed by atoms with Crippen LogP contribution in [0.3, 0.4) is 0 Å². The van der Waals surface area contributed by atoms with E-state index in [0.717, 1.165) is 11.8 Å². The predicted molar refractivity (Wildman–Crippen MR) is 108 cm³/mol. The number of hydrogen-bond donors (Lipinski definition) is 2. The number of carboxylic acid groups (broad SMARTS) is 1. The molecular formula is C18H12ClN3O6S. The molecule has 0 spiro atoms. The van der Waals surface area contributed by atoms with Crippen molar-refractivity contribution < 1.29 is 24.4 Å². The van der Waals surface area contributed by atoms with Gasteiger partial charge in [0.25, 0.3) is 11.6 Å². The minimum atomic E-state index is -1.10. The largest absolute Gasteiger partial charge is 0.482 e. The van der Waals surface area contributed by atoms with Crippen LogP contribution < -0.4 is 10.1 Å². The summed E-state index contributed by atoms with van der Waals surface area (Å²) in [5.41, 5.74) is 0.400. The molecule has 1 heterocycles. The van der Waals surface area contributed by atoms with Crippen LogP contribution in [0.15, 0.2) is 52.4 Å². The van der Waals surface area contributed by atoms with Gasteiger partial charge in [-0.3, -0.25) is 14.9 Å². The summed E-state index contributed by atoms with van der Waals surface area (Å²) in [6.07, 6.45) is 1.58. The molecule has 11 heteroatoms. The van der Waals surface area contributed by atoms with Gasteiger partial charge in [-0.15, -0.1) is 0 Å². The molecule has 29 heavy (non-hydrogen) atoms. The van der Waals surface area contributed by atoms with Gasteiger partial charge in [-0.25, -0.2) is 9.79 Å². The van der Waals surface area contributed by atoms with Crippen molar-refractivity contribution in [3.05, 3.63) is 68.1 Å². The Morgan fingerprint density at radius 2 is 2.14 bits per heavy atom. The van der Waals surface area contributed by atoms with Crippen molar-refractivity contribution in [2.24, 2.45) is 4.99 Å². The Hall–Kier alpha value is -3.37. The van der Waals surface area contributed by atoms with Crippen LogP contribution in [-0.4, -0.2) is 33.7 Å². The zero-order valence-corrected chi connectivity index (χ0v) is 16.1. The summed E-state index contributed by atoms with van der Waals surface area (Å²) >= 11 is 6.80. The highest BCUT2D eigenvalue weighted by Crippen LogP contribution is 2.34. The second-order valence-electron chi connectivity index (χ2n) is 5.63. The highest BCUT2D eigenvalue weighted by atomic mass is 35.5. The smallest absolute Gasteiger partial charge is 0.341 e. The number of carbonyl (C=O) groups is 2. The molecule has 148 valence electrons. The van der Waals surface area contributed by atoms with E-state index in [0.29, 0.717) is 16.2 Å². The fraction of sp³-hybridized carbons (Fsp3) is 0.0556. The lowest BCUT2D eigenvalue weighted by atomic mass is 10.2. The molecule has 0 unspecified atom stereocenters. The van der Waals surface area contributed by atoms with Crippen LogP contribution >= 0.6 is 23.4 Å². The van der Waals surface area contributed by atoms with Gasteiger partial charge in [-0.2, -0.15) is 0 Å². The maximum atomic E-state index is 12.2. The molecule has 1 saturated heterocycles. The van der Waals surface area contributed by atoms with Gasteiger partial charge in [0, 0.05) is 11.1 Å². The molecule has 1 fully saturated rings. The van der Waals surface area contributed by atoms with E-state index in [2.05, 4.69) is 10.3 Å². The number of nitro groups is 1. The molecule has 0 aromatic heterocycles. The molecule has 0 saturated carbocycles. The molecule has 1 amide bonds. The molecule has 2 aromatic carbocycles. The number of nitrogens with one attached hydrogen (secondary N) is 1. The first-order valence-corrected chi connectivity index (χ1v) is 9.19. The van der Waals surface area contributed by atoms with Crippen LogP contribution in [0, 0.1) is 10.1 Å². The standard InChI is InChI=1S/C18H12ClN3O6S/c19-11-4-5-13(14(8-11)22(26)27)20-18-21-17(25)15(29-18)7-10-2-1-3-12(6-10)28-9-16(23)24/h1-8H,9H2,(H,23,24)(H,20,21,25)/b15-7+. The number of rotatable bonds is 6. The molecule has 3 rings (SSSR count). The number of ether oxygens (including phenoxy) is 1. The van der Waals surface area contributed by atoms with Crippen molar-refractivity contribution >= 4 is 57.9 Å². The lowest BCUT2D eigenvalue weighted by Gasteiger charge is -2.03. The maximum Gasteiger partial charge on any atom is 0.341 e. The molecule has 2 aromatic rings. The van der Waals surface area contributed by atoms with E-state index in [1.54, 1.807) is 30.3 Å². The molecular weight excluding hydrogens is 422 g/mol. The first-order valence-electron chi connectivity index (χ1n) is 8.00. The summed E-state index contributed by atoms with van der Waals surface area (Å²) < 4.78 is 5.11. The number of amidine groups is 1. The Balaban J connectivity index is 1.82. The van der Waals surface area contributed by atoms with Crippen LogP contribution in [0.1, 0.15) is 5.56 Å². The summed E-state index contributed by atoms with van der Waals surface area (Å²) in [5.74, 6) is -1.17. The zero-order valence-electron chi connectivity index (χ0n) is 14.5. The number of aliphatic carboxylic acids is 1. The Bertz CT molecular complexity index is 1070. The molecule has 0 radical (unpaired) electrons. The Morgan fingerprint density at radius 1 is 1.34 bits per heavy atom. The minimum absolute atomic E-state index is 0.0625. The van der Waals surface area contributed by atoms with Gasteiger partial charge in [-0.1, -0.05) is 23.7 Å². The average Bonchev–Trinajstić information content (AvgIpc) is 3.00. The summed E-state index contributed by atoms with van der Waals surface area (Å²) in [7, 11) is 0. The number of thioether (sulfide) groups is 1. The highest BCUT2D eigenvalue weighted by Gasteiger charge is 2.25. The number of benzene rings is 2. The van der Waals surface area contributed by atoms with E-state index < -0.39 is 23.4 Å². The first-order chi connectivity index (χ1) is 13.8. The Kier molecular flexibility index (Phi) is 6.15. The van der Waals surface area contributed by atoms with Crippen molar-refractivity contribution in [3.63, 3.8) is 0 Å². The second kappa shape index (κ2) is 8.76. The summed E-state index contributed by atoms with van der Waals surface area (Å²) in [4.78, 5) is 37.8. The van der Waals surface area contributed by atoms with Gasteiger partial charge in [0.2, 0.25) is 0 Å². The molecule has 1 aliphatic heterocycles. The number of halogens is 1. The molecule has 1 aliphatic rings. The summed E-state index contributed by atoms with van der Waals surface area (Å²) in [6.45, 7) is -0.480. The van der Waals surface area contributed by atoms with Gasteiger partial charge >= 0.3 is 5.97 Å². The van der Waals surface area contributed by atoms with Crippen LogP contribution in [-0.2, 0) is 9.59 Å². The van der Waals surface area contributed by atoms with Crippen molar-refractivity contribution in [2.45, 2.75) is 0 Å². The first kappa shape index (κ1) is 20.4. The lowest BCUT2D eigenvalue weighted by molar-refractivity contribution is -0.384. The molecule has 9 nitrogen and oxygen atoms in total. The number of carbonyl (C=O) groups excluding carboxylic acids is 1. The van der Waals surface area contributed by atoms with Crippen LogP contribution in [0.5, 0.6) is 5.75 Å². The normalized spacial score (nSPS) is 16.1. The highest BCUT2D eigenvalue weighted by molar-refractivity contribution is 8.18. The SMILES string of the molecule is O=C(O)COc1cccc(/C=C2/SC(=Nc3ccc(Cl)cc3[N+](=O)[O-])NC2=O)c1. The Morgan fingerprint density at radius 3 is 2.86 bits per heavy atom. The van der Waals surface area contributed by atoms with Crippen LogP contribution in [0.2, 0.25) is 5.02 Å². The van der Waals surface area contributed by atoms with Crippen molar-refractivity contribution in [1.29, 1.82) is 0 Å². The zero-order chi connectivity index (χ0) is 21.0. The number of nitrogens with zero attached hydrogens (tertiary/aromatic N) is 2. The number of amides is 1. The van der Waals surface area contributed by atoms with E-state index >= 15 is 0 Å². The Labute approximate surface area is 173 Å². The fourth-order valence-electron chi connectivity index (χ4n) is 2.32. The molecule has 0 atom stereocenters. The van der Waals surface area contributed by atoms with Crippen molar-refractivity contribution in [1.82, 2.24) is 5.32 Å². The number of carboxylic acids is 1. The number of hydrogen-bond acceptors (Lipinski definition) is 7. The van der Waals surface area contributed by atoms with Crippen molar-refractivity contribution in [2.75, 3.05) is 6.61 Å². The van der Waals surface area contributed by atoms with Crippen molar-refractivity contribution in [3.8, 4) is 5.75 Å². The number of nitro benzene ring substituents is 1. The van der Waals surface area contributed by atoms with Crippen LogP contribution in [0.25, 0.3) is 6.08 Å². The minimum Gasteiger partial charge on any atom is -0.482 e. The lowest BCUT2D eigenvalue weighted by Crippen LogP contribution is -2.19. The summed E-state index contributed by atoms with van der Waals surface area (Å²) in [6, 6.07) is 10.6. The van der Waals surface area contributed by atoms with Gasteiger partial charge in [0.15, 0.2) is 11.8 Å². The molecule has 0 aliphatic carbocycles.